The molecule has 4 heteroatoms. The summed E-state index contributed by atoms with van der Waals surface area (Å²) in [5.41, 5.74) is 7.60. The fraction of sp³-hybridized carbons (Fsp3) is 0.500. The Balaban J connectivity index is 0.00000128. The number of hydrogen-bond donors (Lipinski definition) is 2. The molecule has 0 radical (unpaired) electrons. The Morgan fingerprint density at radius 1 is 1.50 bits per heavy atom. The number of hydrogen-bond acceptors (Lipinski definition) is 3. The number of benzene rings is 1. The standard InChI is InChI=1S/C12H17NO2.ClH/c1-12(2,13)9-3-4-11(14)8(5-9)6-10-7-15-10;/h3-5,10,14H,6-7,13H2,1-2H3;1H. The molecular formula is C12H18ClNO2. The monoisotopic (exact) mass is 243 g/mol. The Labute approximate surface area is 102 Å². The zero-order chi connectivity index (χ0) is 11.1. The van der Waals surface area contributed by atoms with Gasteiger partial charge in [0.15, 0.2) is 0 Å². The van der Waals surface area contributed by atoms with Crippen LogP contribution in [0.3, 0.4) is 0 Å². The number of epoxide rings is 1. The van der Waals surface area contributed by atoms with Gasteiger partial charge in [0, 0.05) is 12.0 Å². The molecular weight excluding hydrogens is 226 g/mol. The predicted molar refractivity (Wildman–Crippen MR) is 66.0 cm³/mol. The number of halogens is 1. The zero-order valence-electron chi connectivity index (χ0n) is 9.56. The Morgan fingerprint density at radius 2 is 2.12 bits per heavy atom. The highest BCUT2D eigenvalue weighted by Gasteiger charge is 2.25. The minimum absolute atomic E-state index is 0. The van der Waals surface area contributed by atoms with Crippen molar-refractivity contribution in [3.8, 4) is 5.75 Å². The van der Waals surface area contributed by atoms with E-state index in [0.717, 1.165) is 24.2 Å². The lowest BCUT2D eigenvalue weighted by molar-refractivity contribution is 0.401. The fourth-order valence-corrected chi connectivity index (χ4v) is 1.58. The van der Waals surface area contributed by atoms with E-state index >= 15 is 0 Å². The summed E-state index contributed by atoms with van der Waals surface area (Å²) in [6, 6.07) is 5.55. The second-order valence-corrected chi connectivity index (χ2v) is 4.72. The first-order valence-electron chi connectivity index (χ1n) is 5.19. The molecule has 0 aromatic heterocycles. The smallest absolute Gasteiger partial charge is 0.118 e. The third-order valence-electron chi connectivity index (χ3n) is 2.67. The first kappa shape index (κ1) is 13.3. The fourth-order valence-electron chi connectivity index (χ4n) is 1.58. The van der Waals surface area contributed by atoms with E-state index in [1.165, 1.54) is 0 Å². The van der Waals surface area contributed by atoms with Gasteiger partial charge in [-0.2, -0.15) is 0 Å². The first-order valence-corrected chi connectivity index (χ1v) is 5.19. The van der Waals surface area contributed by atoms with Crippen LogP contribution in [0.2, 0.25) is 0 Å². The molecule has 1 aromatic rings. The summed E-state index contributed by atoms with van der Waals surface area (Å²) in [4.78, 5) is 0. The highest BCUT2D eigenvalue weighted by Crippen LogP contribution is 2.27. The van der Waals surface area contributed by atoms with Gasteiger partial charge in [0.1, 0.15) is 5.75 Å². The van der Waals surface area contributed by atoms with Crippen LogP contribution in [0.15, 0.2) is 18.2 Å². The molecule has 1 fully saturated rings. The van der Waals surface area contributed by atoms with Gasteiger partial charge in [0.25, 0.3) is 0 Å². The molecule has 3 N–H and O–H groups in total. The molecule has 1 aromatic carbocycles. The van der Waals surface area contributed by atoms with Gasteiger partial charge in [0.2, 0.25) is 0 Å². The first-order chi connectivity index (χ1) is 6.97. The Hall–Kier alpha value is -0.770. The molecule has 0 aliphatic carbocycles. The lowest BCUT2D eigenvalue weighted by Gasteiger charge is -2.20. The van der Waals surface area contributed by atoms with Gasteiger partial charge in [-0.05, 0) is 31.0 Å². The van der Waals surface area contributed by atoms with Crippen molar-refractivity contribution in [2.75, 3.05) is 6.61 Å². The predicted octanol–water partition coefficient (Wildman–Crippen LogP) is 1.95. The van der Waals surface area contributed by atoms with Crippen LogP contribution in [0.1, 0.15) is 25.0 Å². The minimum Gasteiger partial charge on any atom is -0.508 e. The summed E-state index contributed by atoms with van der Waals surface area (Å²) in [7, 11) is 0. The number of nitrogens with two attached hydrogens (primary N) is 1. The van der Waals surface area contributed by atoms with Crippen LogP contribution in [0, 0.1) is 0 Å². The molecule has 1 atom stereocenters. The van der Waals surface area contributed by atoms with Crippen LogP contribution in [-0.4, -0.2) is 17.8 Å². The van der Waals surface area contributed by atoms with E-state index in [-0.39, 0.29) is 24.0 Å². The average molecular weight is 244 g/mol. The summed E-state index contributed by atoms with van der Waals surface area (Å²) >= 11 is 0. The maximum atomic E-state index is 9.68. The van der Waals surface area contributed by atoms with Crippen LogP contribution in [-0.2, 0) is 16.7 Å². The second kappa shape index (κ2) is 4.62. The number of rotatable bonds is 3. The summed E-state index contributed by atoms with van der Waals surface area (Å²) in [5.74, 6) is 0.332. The molecule has 0 bridgehead atoms. The van der Waals surface area contributed by atoms with Gasteiger partial charge in [-0.1, -0.05) is 12.1 Å². The summed E-state index contributed by atoms with van der Waals surface area (Å²) in [5, 5.41) is 9.68. The van der Waals surface area contributed by atoms with E-state index < -0.39 is 0 Å². The molecule has 1 aliphatic heterocycles. The van der Waals surface area contributed by atoms with Gasteiger partial charge in [-0.15, -0.1) is 12.4 Å². The van der Waals surface area contributed by atoms with Crippen molar-refractivity contribution in [1.29, 1.82) is 0 Å². The molecule has 16 heavy (non-hydrogen) atoms. The molecule has 0 saturated carbocycles. The molecule has 1 saturated heterocycles. The topological polar surface area (TPSA) is 58.8 Å². The number of phenolic OH excluding ortho intramolecular Hbond substituents is 1. The van der Waals surface area contributed by atoms with Gasteiger partial charge >= 0.3 is 0 Å². The van der Waals surface area contributed by atoms with Gasteiger partial charge in [0.05, 0.1) is 12.7 Å². The maximum absolute atomic E-state index is 9.68. The van der Waals surface area contributed by atoms with E-state index in [0.29, 0.717) is 5.75 Å². The third-order valence-corrected chi connectivity index (χ3v) is 2.67. The van der Waals surface area contributed by atoms with Gasteiger partial charge in [-0.25, -0.2) is 0 Å². The van der Waals surface area contributed by atoms with Gasteiger partial charge in [-0.3, -0.25) is 0 Å². The lowest BCUT2D eigenvalue weighted by Crippen LogP contribution is -2.28. The molecule has 2 rings (SSSR count). The molecule has 0 amide bonds. The normalized spacial score (nSPS) is 19.1. The largest absolute Gasteiger partial charge is 0.508 e. The zero-order valence-corrected chi connectivity index (χ0v) is 10.4. The number of phenols is 1. The van der Waals surface area contributed by atoms with Crippen LogP contribution in [0.25, 0.3) is 0 Å². The molecule has 90 valence electrons. The number of aromatic hydroxyl groups is 1. The SMILES string of the molecule is CC(C)(N)c1ccc(O)c(CC2CO2)c1.Cl. The minimum atomic E-state index is -0.368. The second-order valence-electron chi connectivity index (χ2n) is 4.72. The van der Waals surface area contributed by atoms with Crippen LogP contribution in [0.4, 0.5) is 0 Å². The maximum Gasteiger partial charge on any atom is 0.118 e. The third kappa shape index (κ3) is 3.11. The van der Waals surface area contributed by atoms with Gasteiger partial charge < -0.3 is 15.6 Å². The Morgan fingerprint density at radius 3 is 2.62 bits per heavy atom. The molecule has 1 heterocycles. The Bertz CT molecular complexity index is 370. The molecule has 3 nitrogen and oxygen atoms in total. The lowest BCUT2D eigenvalue weighted by atomic mass is 9.93. The van der Waals surface area contributed by atoms with E-state index in [4.69, 9.17) is 10.5 Å². The molecule has 1 unspecified atom stereocenters. The van der Waals surface area contributed by atoms with Crippen molar-refractivity contribution in [2.45, 2.75) is 31.9 Å². The summed E-state index contributed by atoms with van der Waals surface area (Å²) in [6.07, 6.45) is 1.06. The Kier molecular flexibility index (Phi) is 3.84. The van der Waals surface area contributed by atoms with Crippen molar-refractivity contribution in [3.63, 3.8) is 0 Å². The van der Waals surface area contributed by atoms with E-state index in [1.54, 1.807) is 6.07 Å². The number of ether oxygens (including phenoxy) is 1. The van der Waals surface area contributed by atoms with Crippen molar-refractivity contribution >= 4 is 12.4 Å². The van der Waals surface area contributed by atoms with E-state index in [1.807, 2.05) is 26.0 Å². The van der Waals surface area contributed by atoms with Crippen molar-refractivity contribution in [2.24, 2.45) is 5.73 Å². The van der Waals surface area contributed by atoms with Crippen LogP contribution >= 0.6 is 12.4 Å². The average Bonchev–Trinajstić information content (AvgIpc) is 2.90. The van der Waals surface area contributed by atoms with E-state index in [9.17, 15) is 5.11 Å². The summed E-state index contributed by atoms with van der Waals surface area (Å²) < 4.78 is 5.15. The van der Waals surface area contributed by atoms with Crippen molar-refractivity contribution in [1.82, 2.24) is 0 Å². The van der Waals surface area contributed by atoms with Crippen molar-refractivity contribution < 1.29 is 9.84 Å². The van der Waals surface area contributed by atoms with Crippen LogP contribution < -0.4 is 5.73 Å². The molecule has 1 aliphatic rings. The van der Waals surface area contributed by atoms with Crippen LogP contribution in [0.5, 0.6) is 5.75 Å². The van der Waals surface area contributed by atoms with Crippen molar-refractivity contribution in [3.05, 3.63) is 29.3 Å². The highest BCUT2D eigenvalue weighted by molar-refractivity contribution is 5.85. The summed E-state index contributed by atoms with van der Waals surface area (Å²) in [6.45, 7) is 4.71. The molecule has 0 spiro atoms. The van der Waals surface area contributed by atoms with E-state index in [2.05, 4.69) is 0 Å². The highest BCUT2D eigenvalue weighted by atomic mass is 35.5. The quantitative estimate of drug-likeness (QED) is 0.798.